The second-order valence-corrected chi connectivity index (χ2v) is 7.62. The van der Waals surface area contributed by atoms with Gasteiger partial charge in [-0.3, -0.25) is 9.79 Å². The molecule has 1 saturated carbocycles. The SMILES string of the molecule is CCCC1CCC(NC(=NC)SC(C)(C)C(C)=O)C1. The van der Waals surface area contributed by atoms with Crippen molar-refractivity contribution in [3.63, 3.8) is 0 Å². The zero-order valence-electron chi connectivity index (χ0n) is 13.0. The minimum atomic E-state index is -0.400. The Kier molecular flexibility index (Phi) is 6.37. The second kappa shape index (κ2) is 7.32. The van der Waals surface area contributed by atoms with Crippen LogP contribution in [0.15, 0.2) is 4.99 Å². The van der Waals surface area contributed by atoms with Crippen molar-refractivity contribution in [1.82, 2.24) is 5.32 Å². The zero-order chi connectivity index (χ0) is 14.5. The predicted molar refractivity (Wildman–Crippen MR) is 84.9 cm³/mol. The molecule has 4 heteroatoms. The number of nitrogens with zero attached hydrogens (tertiary/aromatic N) is 1. The maximum Gasteiger partial charge on any atom is 0.157 e. The second-order valence-electron chi connectivity index (χ2n) is 6.01. The smallest absolute Gasteiger partial charge is 0.157 e. The molecule has 0 aromatic carbocycles. The lowest BCUT2D eigenvalue weighted by atomic mass is 10.0. The Balaban J connectivity index is 2.49. The summed E-state index contributed by atoms with van der Waals surface area (Å²) in [7, 11) is 1.80. The van der Waals surface area contributed by atoms with E-state index in [0.29, 0.717) is 6.04 Å². The van der Waals surface area contributed by atoms with Crippen molar-refractivity contribution < 1.29 is 4.79 Å². The number of Topliss-reactive ketones (excluding diaryl/α,β-unsaturated/α-hetero) is 1. The first-order chi connectivity index (χ1) is 8.89. The monoisotopic (exact) mass is 284 g/mol. The number of carbonyl (C=O) groups excluding carboxylic acids is 1. The van der Waals surface area contributed by atoms with Crippen LogP contribution in [0.3, 0.4) is 0 Å². The number of nitrogens with one attached hydrogen (secondary N) is 1. The van der Waals surface area contributed by atoms with Crippen LogP contribution in [0.25, 0.3) is 0 Å². The first kappa shape index (κ1) is 16.5. The molecule has 3 nitrogen and oxygen atoms in total. The number of carbonyl (C=O) groups is 1. The molecule has 0 spiro atoms. The third-order valence-electron chi connectivity index (χ3n) is 3.97. The van der Waals surface area contributed by atoms with E-state index in [1.54, 1.807) is 25.7 Å². The third kappa shape index (κ3) is 5.17. The van der Waals surface area contributed by atoms with Crippen LogP contribution in [-0.4, -0.2) is 28.8 Å². The van der Waals surface area contributed by atoms with Gasteiger partial charge in [-0.25, -0.2) is 0 Å². The molecule has 0 bridgehead atoms. The Morgan fingerprint density at radius 2 is 2.11 bits per heavy atom. The van der Waals surface area contributed by atoms with Gasteiger partial charge in [-0.05, 0) is 46.0 Å². The number of hydrogen-bond donors (Lipinski definition) is 1. The van der Waals surface area contributed by atoms with Gasteiger partial charge >= 0.3 is 0 Å². The summed E-state index contributed by atoms with van der Waals surface area (Å²) in [6.07, 6.45) is 6.41. The fourth-order valence-corrected chi connectivity index (χ4v) is 3.45. The van der Waals surface area contributed by atoms with E-state index >= 15 is 0 Å². The van der Waals surface area contributed by atoms with E-state index in [4.69, 9.17) is 0 Å². The van der Waals surface area contributed by atoms with Gasteiger partial charge in [0.15, 0.2) is 5.17 Å². The van der Waals surface area contributed by atoms with E-state index < -0.39 is 4.75 Å². The van der Waals surface area contributed by atoms with Crippen LogP contribution in [-0.2, 0) is 4.79 Å². The first-order valence-electron chi connectivity index (χ1n) is 7.32. The van der Waals surface area contributed by atoms with Crippen LogP contribution in [0.1, 0.15) is 59.8 Å². The van der Waals surface area contributed by atoms with Gasteiger partial charge in [0.25, 0.3) is 0 Å². The normalized spacial score (nSPS) is 24.6. The van der Waals surface area contributed by atoms with Gasteiger partial charge in [0, 0.05) is 13.1 Å². The average molecular weight is 284 g/mol. The van der Waals surface area contributed by atoms with E-state index in [1.165, 1.54) is 32.1 Å². The van der Waals surface area contributed by atoms with Crippen molar-refractivity contribution in [3.8, 4) is 0 Å². The summed E-state index contributed by atoms with van der Waals surface area (Å²) in [6, 6.07) is 0.533. The highest BCUT2D eigenvalue weighted by Crippen LogP contribution is 2.31. The maximum absolute atomic E-state index is 11.6. The molecule has 0 aromatic heterocycles. The quantitative estimate of drug-likeness (QED) is 0.619. The van der Waals surface area contributed by atoms with Crippen LogP contribution in [0.4, 0.5) is 0 Å². The molecule has 0 saturated heterocycles. The highest BCUT2D eigenvalue weighted by atomic mass is 32.2. The van der Waals surface area contributed by atoms with Crippen LogP contribution in [0.5, 0.6) is 0 Å². The molecule has 0 heterocycles. The Labute approximate surface area is 122 Å². The van der Waals surface area contributed by atoms with Gasteiger partial charge in [-0.15, -0.1) is 0 Å². The Morgan fingerprint density at radius 3 is 2.63 bits per heavy atom. The predicted octanol–water partition coefficient (Wildman–Crippen LogP) is 3.63. The standard InChI is InChI=1S/C15H28N2OS/c1-6-7-12-8-9-13(10-12)17-14(16-5)19-15(3,4)11(2)18/h12-13H,6-10H2,1-5H3,(H,16,17). The lowest BCUT2D eigenvalue weighted by molar-refractivity contribution is -0.118. The number of aliphatic imine (C=N–C) groups is 1. The molecule has 2 atom stereocenters. The molecule has 1 aliphatic carbocycles. The van der Waals surface area contributed by atoms with Crippen LogP contribution in [0, 0.1) is 5.92 Å². The zero-order valence-corrected chi connectivity index (χ0v) is 13.8. The Morgan fingerprint density at radius 1 is 1.42 bits per heavy atom. The summed E-state index contributed by atoms with van der Waals surface area (Å²) in [5.74, 6) is 1.06. The first-order valence-corrected chi connectivity index (χ1v) is 8.14. The molecule has 0 radical (unpaired) electrons. The van der Waals surface area contributed by atoms with Crippen LogP contribution < -0.4 is 5.32 Å². The lowest BCUT2D eigenvalue weighted by Crippen LogP contribution is -2.36. The van der Waals surface area contributed by atoms with Gasteiger partial charge in [0.2, 0.25) is 0 Å². The van der Waals surface area contributed by atoms with Crippen molar-refractivity contribution in [2.45, 2.75) is 70.6 Å². The van der Waals surface area contributed by atoms with Crippen molar-refractivity contribution >= 4 is 22.7 Å². The Bertz CT molecular complexity index is 339. The Hall–Kier alpha value is -0.510. The molecule has 1 rings (SSSR count). The molecule has 19 heavy (non-hydrogen) atoms. The van der Waals surface area contributed by atoms with E-state index in [-0.39, 0.29) is 5.78 Å². The van der Waals surface area contributed by atoms with Crippen molar-refractivity contribution in [2.75, 3.05) is 7.05 Å². The number of thioether (sulfide) groups is 1. The summed E-state index contributed by atoms with van der Waals surface area (Å²) < 4.78 is -0.400. The lowest BCUT2D eigenvalue weighted by Gasteiger charge is -2.24. The van der Waals surface area contributed by atoms with Crippen LogP contribution in [0.2, 0.25) is 0 Å². The largest absolute Gasteiger partial charge is 0.362 e. The number of rotatable bonds is 5. The van der Waals surface area contributed by atoms with Gasteiger partial charge < -0.3 is 5.32 Å². The summed E-state index contributed by atoms with van der Waals surface area (Å²) in [5.41, 5.74) is 0. The van der Waals surface area contributed by atoms with Gasteiger partial charge in [0.05, 0.1) is 4.75 Å². The van der Waals surface area contributed by atoms with E-state index in [2.05, 4.69) is 17.2 Å². The fourth-order valence-electron chi connectivity index (χ4n) is 2.50. The molecule has 0 aliphatic heterocycles. The van der Waals surface area contributed by atoms with Gasteiger partial charge in [0.1, 0.15) is 5.78 Å². The fraction of sp³-hybridized carbons (Fsp3) is 0.867. The van der Waals surface area contributed by atoms with E-state index in [1.807, 2.05) is 13.8 Å². The molecule has 1 aliphatic rings. The van der Waals surface area contributed by atoms with Gasteiger partial charge in [-0.2, -0.15) is 0 Å². The summed E-state index contributed by atoms with van der Waals surface area (Å²) in [5, 5.41) is 4.43. The maximum atomic E-state index is 11.6. The van der Waals surface area contributed by atoms with Crippen molar-refractivity contribution in [3.05, 3.63) is 0 Å². The van der Waals surface area contributed by atoms with E-state index in [0.717, 1.165) is 11.1 Å². The minimum absolute atomic E-state index is 0.190. The van der Waals surface area contributed by atoms with E-state index in [9.17, 15) is 4.79 Å². The van der Waals surface area contributed by atoms with Crippen LogP contribution >= 0.6 is 11.8 Å². The number of amidine groups is 1. The highest BCUT2D eigenvalue weighted by molar-refractivity contribution is 8.15. The van der Waals surface area contributed by atoms with Crippen molar-refractivity contribution in [2.24, 2.45) is 10.9 Å². The summed E-state index contributed by atoms with van der Waals surface area (Å²) in [4.78, 5) is 15.9. The molecule has 0 amide bonds. The molecular formula is C15H28N2OS. The minimum Gasteiger partial charge on any atom is -0.362 e. The molecule has 0 aromatic rings. The van der Waals surface area contributed by atoms with Gasteiger partial charge in [-0.1, -0.05) is 31.5 Å². The number of ketones is 1. The average Bonchev–Trinajstić information content (AvgIpc) is 2.75. The number of hydrogen-bond acceptors (Lipinski definition) is 3. The highest BCUT2D eigenvalue weighted by Gasteiger charge is 2.29. The third-order valence-corrected chi connectivity index (χ3v) is 5.26. The topological polar surface area (TPSA) is 41.5 Å². The molecule has 2 unspecified atom stereocenters. The molecule has 1 N–H and O–H groups in total. The van der Waals surface area contributed by atoms with Crippen molar-refractivity contribution in [1.29, 1.82) is 0 Å². The molecule has 1 fully saturated rings. The molecular weight excluding hydrogens is 256 g/mol. The molecule has 110 valence electrons. The summed E-state index contributed by atoms with van der Waals surface area (Å²) in [6.45, 7) is 7.82. The summed E-state index contributed by atoms with van der Waals surface area (Å²) >= 11 is 1.55.